The largest absolute Gasteiger partial charge is 0.451 e. The van der Waals surface area contributed by atoms with Gasteiger partial charge in [-0.3, -0.25) is 4.79 Å². The van der Waals surface area contributed by atoms with Crippen molar-refractivity contribution in [1.82, 2.24) is 4.90 Å². The van der Waals surface area contributed by atoms with Crippen LogP contribution in [0.25, 0.3) is 11.0 Å². The van der Waals surface area contributed by atoms with E-state index in [1.165, 1.54) is 4.90 Å². The van der Waals surface area contributed by atoms with Crippen molar-refractivity contribution < 1.29 is 9.21 Å². The standard InChI is InChI=1S/C14H15N3O2/c1-9(7-15)8-17(2)14(18)13-6-10-5-11(16)3-4-12(10)19-13/h3-6,9H,8,16H2,1-2H3. The topological polar surface area (TPSA) is 83.3 Å². The molecule has 0 aliphatic carbocycles. The van der Waals surface area contributed by atoms with Gasteiger partial charge in [0.2, 0.25) is 0 Å². The van der Waals surface area contributed by atoms with Crippen molar-refractivity contribution in [2.24, 2.45) is 5.92 Å². The van der Waals surface area contributed by atoms with Crippen LogP contribution < -0.4 is 5.73 Å². The zero-order valence-corrected chi connectivity index (χ0v) is 10.9. The Morgan fingerprint density at radius 3 is 2.95 bits per heavy atom. The smallest absolute Gasteiger partial charge is 0.289 e. The minimum Gasteiger partial charge on any atom is -0.451 e. The number of hydrogen-bond donors (Lipinski definition) is 1. The Morgan fingerprint density at radius 2 is 2.26 bits per heavy atom. The van der Waals surface area contributed by atoms with Crippen LogP contribution in [-0.4, -0.2) is 24.4 Å². The molecular formula is C14H15N3O2. The zero-order chi connectivity index (χ0) is 14.0. The Labute approximate surface area is 111 Å². The number of amides is 1. The average Bonchev–Trinajstić information content (AvgIpc) is 2.80. The molecule has 0 aliphatic heterocycles. The number of benzene rings is 1. The lowest BCUT2D eigenvalue weighted by atomic mass is 10.2. The Bertz CT molecular complexity index is 654. The molecule has 0 spiro atoms. The van der Waals surface area contributed by atoms with Crippen LogP contribution in [0.3, 0.4) is 0 Å². The molecule has 19 heavy (non-hydrogen) atoms. The fourth-order valence-electron chi connectivity index (χ4n) is 1.89. The third-order valence-corrected chi connectivity index (χ3v) is 2.87. The first-order valence-electron chi connectivity index (χ1n) is 5.95. The number of nitrogen functional groups attached to an aromatic ring is 1. The summed E-state index contributed by atoms with van der Waals surface area (Å²) in [6.45, 7) is 2.14. The van der Waals surface area contributed by atoms with Crippen molar-refractivity contribution >= 4 is 22.6 Å². The Balaban J connectivity index is 2.24. The van der Waals surface area contributed by atoms with E-state index >= 15 is 0 Å². The third-order valence-electron chi connectivity index (χ3n) is 2.87. The lowest BCUT2D eigenvalue weighted by Crippen LogP contribution is -2.30. The van der Waals surface area contributed by atoms with Gasteiger partial charge in [-0.25, -0.2) is 0 Å². The molecule has 0 radical (unpaired) electrons. The van der Waals surface area contributed by atoms with Gasteiger partial charge in [-0.05, 0) is 31.2 Å². The van der Waals surface area contributed by atoms with Crippen molar-refractivity contribution in [3.8, 4) is 6.07 Å². The van der Waals surface area contributed by atoms with Crippen molar-refractivity contribution in [1.29, 1.82) is 5.26 Å². The fourth-order valence-corrected chi connectivity index (χ4v) is 1.89. The highest BCUT2D eigenvalue weighted by Gasteiger charge is 2.18. The molecule has 98 valence electrons. The number of fused-ring (bicyclic) bond motifs is 1. The highest BCUT2D eigenvalue weighted by molar-refractivity contribution is 5.96. The number of furan rings is 1. The van der Waals surface area contributed by atoms with Crippen LogP contribution >= 0.6 is 0 Å². The lowest BCUT2D eigenvalue weighted by Gasteiger charge is -2.16. The molecule has 0 saturated carbocycles. The summed E-state index contributed by atoms with van der Waals surface area (Å²) in [5, 5.41) is 9.55. The highest BCUT2D eigenvalue weighted by Crippen LogP contribution is 2.22. The second-order valence-corrected chi connectivity index (χ2v) is 4.62. The van der Waals surface area contributed by atoms with E-state index in [1.54, 1.807) is 38.2 Å². The molecule has 1 aromatic heterocycles. The van der Waals surface area contributed by atoms with E-state index in [2.05, 4.69) is 6.07 Å². The first kappa shape index (κ1) is 13.0. The summed E-state index contributed by atoms with van der Waals surface area (Å²) in [5.41, 5.74) is 6.93. The molecule has 0 fully saturated rings. The van der Waals surface area contributed by atoms with Gasteiger partial charge < -0.3 is 15.1 Å². The molecule has 1 amide bonds. The summed E-state index contributed by atoms with van der Waals surface area (Å²) in [6.07, 6.45) is 0. The van der Waals surface area contributed by atoms with Crippen LogP contribution in [-0.2, 0) is 0 Å². The third kappa shape index (κ3) is 2.68. The average molecular weight is 257 g/mol. The van der Waals surface area contributed by atoms with E-state index in [1.807, 2.05) is 0 Å². The molecule has 2 aromatic rings. The quantitative estimate of drug-likeness (QED) is 0.855. The van der Waals surface area contributed by atoms with E-state index in [0.29, 0.717) is 17.8 Å². The van der Waals surface area contributed by atoms with Crippen molar-refractivity contribution in [2.75, 3.05) is 19.3 Å². The molecule has 2 rings (SSSR count). The van der Waals surface area contributed by atoms with Crippen LogP contribution in [0, 0.1) is 17.2 Å². The molecular weight excluding hydrogens is 242 g/mol. The number of nitrogens with two attached hydrogens (primary N) is 1. The van der Waals surface area contributed by atoms with Gasteiger partial charge in [-0.1, -0.05) is 0 Å². The van der Waals surface area contributed by atoms with E-state index in [0.717, 1.165) is 5.39 Å². The van der Waals surface area contributed by atoms with Gasteiger partial charge in [-0.2, -0.15) is 5.26 Å². The Kier molecular flexibility index (Phi) is 3.43. The van der Waals surface area contributed by atoms with Gasteiger partial charge in [0.15, 0.2) is 5.76 Å². The minimum atomic E-state index is -0.239. The normalized spacial score (nSPS) is 12.1. The summed E-state index contributed by atoms with van der Waals surface area (Å²) in [4.78, 5) is 13.6. The van der Waals surface area contributed by atoms with Gasteiger partial charge in [0.05, 0.1) is 12.0 Å². The summed E-state index contributed by atoms with van der Waals surface area (Å²) >= 11 is 0. The maximum absolute atomic E-state index is 12.1. The number of nitriles is 1. The maximum Gasteiger partial charge on any atom is 0.289 e. The molecule has 0 bridgehead atoms. The van der Waals surface area contributed by atoms with Gasteiger partial charge in [0, 0.05) is 24.7 Å². The van der Waals surface area contributed by atoms with E-state index in [-0.39, 0.29) is 17.6 Å². The van der Waals surface area contributed by atoms with Gasteiger partial charge in [-0.15, -0.1) is 0 Å². The number of nitrogens with zero attached hydrogens (tertiary/aromatic N) is 2. The molecule has 5 heteroatoms. The first-order chi connectivity index (χ1) is 9.01. The Hall–Kier alpha value is -2.48. The molecule has 2 N–H and O–H groups in total. The van der Waals surface area contributed by atoms with Crippen LogP contribution in [0.15, 0.2) is 28.7 Å². The second-order valence-electron chi connectivity index (χ2n) is 4.62. The van der Waals surface area contributed by atoms with Crippen molar-refractivity contribution in [2.45, 2.75) is 6.92 Å². The summed E-state index contributed by atoms with van der Waals surface area (Å²) in [7, 11) is 1.65. The molecule has 1 atom stereocenters. The summed E-state index contributed by atoms with van der Waals surface area (Å²) < 4.78 is 5.49. The fraction of sp³-hybridized carbons (Fsp3) is 0.286. The predicted molar refractivity (Wildman–Crippen MR) is 72.4 cm³/mol. The summed E-state index contributed by atoms with van der Waals surface area (Å²) in [5.74, 6) is -0.195. The second kappa shape index (κ2) is 5.02. The van der Waals surface area contributed by atoms with Crippen LogP contribution in [0.5, 0.6) is 0 Å². The predicted octanol–water partition coefficient (Wildman–Crippen LogP) is 2.25. The van der Waals surface area contributed by atoms with Crippen LogP contribution in [0.1, 0.15) is 17.5 Å². The zero-order valence-electron chi connectivity index (χ0n) is 10.9. The number of rotatable bonds is 3. The number of carbonyl (C=O) groups is 1. The molecule has 1 unspecified atom stereocenters. The number of anilines is 1. The van der Waals surface area contributed by atoms with Crippen LogP contribution in [0.4, 0.5) is 5.69 Å². The van der Waals surface area contributed by atoms with E-state index < -0.39 is 0 Å². The van der Waals surface area contributed by atoms with Crippen molar-refractivity contribution in [3.05, 3.63) is 30.0 Å². The van der Waals surface area contributed by atoms with E-state index in [4.69, 9.17) is 15.4 Å². The maximum atomic E-state index is 12.1. The molecule has 1 aromatic carbocycles. The number of hydrogen-bond acceptors (Lipinski definition) is 4. The highest BCUT2D eigenvalue weighted by atomic mass is 16.3. The molecule has 5 nitrogen and oxygen atoms in total. The lowest BCUT2D eigenvalue weighted by molar-refractivity contribution is 0.0756. The SMILES string of the molecule is CC(C#N)CN(C)C(=O)c1cc2cc(N)ccc2o1. The van der Waals surface area contributed by atoms with Crippen LogP contribution in [0.2, 0.25) is 0 Å². The van der Waals surface area contributed by atoms with Gasteiger partial charge in [0.25, 0.3) is 5.91 Å². The minimum absolute atomic E-state index is 0.214. The van der Waals surface area contributed by atoms with Gasteiger partial charge >= 0.3 is 0 Å². The Morgan fingerprint density at radius 1 is 1.53 bits per heavy atom. The molecule has 1 heterocycles. The molecule has 0 saturated heterocycles. The van der Waals surface area contributed by atoms with Gasteiger partial charge in [0.1, 0.15) is 5.58 Å². The molecule has 0 aliphatic rings. The monoisotopic (exact) mass is 257 g/mol. The van der Waals surface area contributed by atoms with E-state index in [9.17, 15) is 4.79 Å². The van der Waals surface area contributed by atoms with Crippen molar-refractivity contribution in [3.63, 3.8) is 0 Å². The number of carbonyl (C=O) groups excluding carboxylic acids is 1. The first-order valence-corrected chi connectivity index (χ1v) is 5.95. The summed E-state index contributed by atoms with van der Waals surface area (Å²) in [6, 6.07) is 8.98.